The average Bonchev–Trinajstić information content (AvgIpc) is 2.63. The molecule has 2 aromatic rings. The summed E-state index contributed by atoms with van der Waals surface area (Å²) < 4.78 is 0. The fourth-order valence-corrected chi connectivity index (χ4v) is 2.73. The Labute approximate surface area is 141 Å². The molecule has 0 unspecified atom stereocenters. The number of aryl methyl sites for hydroxylation is 1. The number of aromatic nitrogens is 1. The van der Waals surface area contributed by atoms with E-state index in [4.69, 9.17) is 0 Å². The van der Waals surface area contributed by atoms with E-state index in [0.29, 0.717) is 24.3 Å². The van der Waals surface area contributed by atoms with Gasteiger partial charge in [0.25, 0.3) is 5.91 Å². The van der Waals surface area contributed by atoms with Crippen LogP contribution >= 0.6 is 0 Å². The topological polar surface area (TPSA) is 65.5 Å². The van der Waals surface area contributed by atoms with E-state index in [1.54, 1.807) is 17.2 Å². The molecule has 0 spiro atoms. The Morgan fingerprint density at radius 2 is 1.88 bits per heavy atom. The average molecular weight is 324 g/mol. The van der Waals surface area contributed by atoms with Gasteiger partial charge >= 0.3 is 0 Å². The van der Waals surface area contributed by atoms with Crippen molar-refractivity contribution in [2.45, 2.75) is 6.92 Å². The van der Waals surface area contributed by atoms with Crippen molar-refractivity contribution in [1.82, 2.24) is 9.88 Å². The van der Waals surface area contributed by atoms with E-state index in [1.807, 2.05) is 37.3 Å². The van der Waals surface area contributed by atoms with Crippen LogP contribution in [0.4, 0.5) is 11.5 Å². The van der Waals surface area contributed by atoms with Crippen molar-refractivity contribution < 1.29 is 9.59 Å². The number of carbonyl (C=O) groups excluding carboxylic acids is 2. The minimum atomic E-state index is -0.137. The maximum atomic E-state index is 12.3. The van der Waals surface area contributed by atoms with Crippen molar-refractivity contribution in [3.8, 4) is 0 Å². The molecule has 0 radical (unpaired) electrons. The quantitative estimate of drug-likeness (QED) is 0.873. The van der Waals surface area contributed by atoms with E-state index >= 15 is 0 Å². The Bertz CT molecular complexity index is 722. The number of hydrogen-bond donors (Lipinski definition) is 1. The molecule has 0 atom stereocenters. The fraction of sp³-hybridized carbons (Fsp3) is 0.278. The molecule has 2 heterocycles. The maximum absolute atomic E-state index is 12.3. The molecule has 1 N–H and O–H groups in total. The van der Waals surface area contributed by atoms with Gasteiger partial charge in [-0.15, -0.1) is 0 Å². The maximum Gasteiger partial charge on any atom is 0.255 e. The second kappa shape index (κ2) is 7.12. The predicted molar refractivity (Wildman–Crippen MR) is 93.2 cm³/mol. The number of nitrogens with one attached hydrogen (secondary N) is 1. The van der Waals surface area contributed by atoms with Crippen LogP contribution in [0.1, 0.15) is 15.9 Å². The molecule has 1 aromatic carbocycles. The number of carbonyl (C=O) groups is 2. The van der Waals surface area contributed by atoms with Gasteiger partial charge in [-0.1, -0.05) is 18.2 Å². The van der Waals surface area contributed by atoms with Crippen molar-refractivity contribution in [2.24, 2.45) is 0 Å². The van der Waals surface area contributed by atoms with E-state index in [2.05, 4.69) is 15.2 Å². The number of hydrogen-bond acceptors (Lipinski definition) is 4. The minimum absolute atomic E-state index is 0.137. The molecule has 0 aliphatic carbocycles. The molecule has 124 valence electrons. The SMILES string of the molecule is Cc1ccccc1C(=O)Nc1ccc(N2CCN(C=O)CC2)nc1. The van der Waals surface area contributed by atoms with Gasteiger partial charge in [-0.25, -0.2) is 4.98 Å². The zero-order valence-electron chi connectivity index (χ0n) is 13.6. The van der Waals surface area contributed by atoms with E-state index in [-0.39, 0.29) is 5.91 Å². The number of benzene rings is 1. The van der Waals surface area contributed by atoms with Crippen molar-refractivity contribution in [3.05, 3.63) is 53.7 Å². The van der Waals surface area contributed by atoms with E-state index in [0.717, 1.165) is 30.9 Å². The van der Waals surface area contributed by atoms with Crippen molar-refractivity contribution >= 4 is 23.8 Å². The summed E-state index contributed by atoms with van der Waals surface area (Å²) >= 11 is 0. The van der Waals surface area contributed by atoms with Crippen molar-refractivity contribution in [3.63, 3.8) is 0 Å². The van der Waals surface area contributed by atoms with E-state index in [1.165, 1.54) is 0 Å². The molecule has 3 rings (SSSR count). The molecule has 1 aliphatic heterocycles. The molecule has 1 aliphatic rings. The van der Waals surface area contributed by atoms with Gasteiger partial charge < -0.3 is 15.1 Å². The van der Waals surface area contributed by atoms with Gasteiger partial charge in [0, 0.05) is 31.7 Å². The second-order valence-corrected chi connectivity index (χ2v) is 5.80. The van der Waals surface area contributed by atoms with Gasteiger partial charge in [0.1, 0.15) is 5.82 Å². The fourth-order valence-electron chi connectivity index (χ4n) is 2.73. The lowest BCUT2D eigenvalue weighted by atomic mass is 10.1. The lowest BCUT2D eigenvalue weighted by Crippen LogP contribution is -2.46. The molecule has 6 heteroatoms. The number of pyridine rings is 1. The van der Waals surface area contributed by atoms with Gasteiger partial charge in [-0.2, -0.15) is 0 Å². The largest absolute Gasteiger partial charge is 0.353 e. The van der Waals surface area contributed by atoms with Crippen molar-refractivity contribution in [1.29, 1.82) is 0 Å². The zero-order chi connectivity index (χ0) is 16.9. The molecule has 0 bridgehead atoms. The highest BCUT2D eigenvalue weighted by Gasteiger charge is 2.16. The molecule has 1 aromatic heterocycles. The molecular formula is C18H20N4O2. The normalized spacial score (nSPS) is 14.4. The summed E-state index contributed by atoms with van der Waals surface area (Å²) in [5, 5.41) is 2.87. The zero-order valence-corrected chi connectivity index (χ0v) is 13.6. The summed E-state index contributed by atoms with van der Waals surface area (Å²) in [5.41, 5.74) is 2.26. The highest BCUT2D eigenvalue weighted by Crippen LogP contribution is 2.17. The third kappa shape index (κ3) is 3.53. The number of rotatable bonds is 4. The van der Waals surface area contributed by atoms with Crippen LogP contribution in [0.15, 0.2) is 42.6 Å². The number of piperazine rings is 1. The third-order valence-corrected chi connectivity index (χ3v) is 4.18. The van der Waals surface area contributed by atoms with Crippen LogP contribution < -0.4 is 10.2 Å². The summed E-state index contributed by atoms with van der Waals surface area (Å²) in [4.78, 5) is 31.4. The van der Waals surface area contributed by atoms with Gasteiger partial charge in [0.2, 0.25) is 6.41 Å². The highest BCUT2D eigenvalue weighted by molar-refractivity contribution is 6.05. The highest BCUT2D eigenvalue weighted by atomic mass is 16.1. The first-order valence-electron chi connectivity index (χ1n) is 7.95. The van der Waals surface area contributed by atoms with Crippen LogP contribution in [0.3, 0.4) is 0 Å². The minimum Gasteiger partial charge on any atom is -0.353 e. The van der Waals surface area contributed by atoms with Crippen LogP contribution in [0.2, 0.25) is 0 Å². The summed E-state index contributed by atoms with van der Waals surface area (Å²) in [6.07, 6.45) is 2.55. The summed E-state index contributed by atoms with van der Waals surface area (Å²) in [5.74, 6) is 0.719. The molecule has 0 saturated carbocycles. The van der Waals surface area contributed by atoms with E-state index < -0.39 is 0 Å². The van der Waals surface area contributed by atoms with Crippen LogP contribution in [-0.2, 0) is 4.79 Å². The Kier molecular flexibility index (Phi) is 4.74. The van der Waals surface area contributed by atoms with Crippen LogP contribution in [0.5, 0.6) is 0 Å². The molecule has 24 heavy (non-hydrogen) atoms. The van der Waals surface area contributed by atoms with Crippen LogP contribution in [0.25, 0.3) is 0 Å². The number of nitrogens with zero attached hydrogens (tertiary/aromatic N) is 3. The van der Waals surface area contributed by atoms with E-state index in [9.17, 15) is 9.59 Å². The second-order valence-electron chi connectivity index (χ2n) is 5.80. The Hall–Kier alpha value is -2.89. The van der Waals surface area contributed by atoms with Crippen LogP contribution in [0, 0.1) is 6.92 Å². The van der Waals surface area contributed by atoms with Gasteiger partial charge in [0.05, 0.1) is 11.9 Å². The Balaban J connectivity index is 1.64. The molecule has 2 amide bonds. The number of amides is 2. The predicted octanol–water partition coefficient (Wildman–Crippen LogP) is 1.92. The monoisotopic (exact) mass is 324 g/mol. The first-order valence-corrected chi connectivity index (χ1v) is 7.95. The summed E-state index contributed by atoms with van der Waals surface area (Å²) in [6.45, 7) is 4.85. The molecule has 1 fully saturated rings. The Morgan fingerprint density at radius 1 is 1.12 bits per heavy atom. The smallest absolute Gasteiger partial charge is 0.255 e. The van der Waals surface area contributed by atoms with Crippen molar-refractivity contribution in [2.75, 3.05) is 36.4 Å². The molecule has 6 nitrogen and oxygen atoms in total. The third-order valence-electron chi connectivity index (χ3n) is 4.18. The number of anilines is 2. The standard InChI is InChI=1S/C18H20N4O2/c1-14-4-2-3-5-16(14)18(24)20-15-6-7-17(19-12-15)22-10-8-21(13-23)9-11-22/h2-7,12-13H,8-11H2,1H3,(H,20,24). The lowest BCUT2D eigenvalue weighted by Gasteiger charge is -2.33. The summed E-state index contributed by atoms with van der Waals surface area (Å²) in [6, 6.07) is 11.2. The van der Waals surface area contributed by atoms with Gasteiger partial charge in [0.15, 0.2) is 0 Å². The van der Waals surface area contributed by atoms with Gasteiger partial charge in [-0.05, 0) is 30.7 Å². The first kappa shape index (κ1) is 16.0. The first-order chi connectivity index (χ1) is 11.7. The molecule has 1 saturated heterocycles. The Morgan fingerprint density at radius 3 is 2.50 bits per heavy atom. The lowest BCUT2D eigenvalue weighted by molar-refractivity contribution is -0.118. The van der Waals surface area contributed by atoms with Gasteiger partial charge in [-0.3, -0.25) is 9.59 Å². The molecular weight excluding hydrogens is 304 g/mol. The van der Waals surface area contributed by atoms with Crippen LogP contribution in [-0.4, -0.2) is 48.4 Å². The summed E-state index contributed by atoms with van der Waals surface area (Å²) in [7, 11) is 0.